The Balaban J connectivity index is 2.71. The van der Waals surface area contributed by atoms with Gasteiger partial charge in [0.25, 0.3) is 10.2 Å². The minimum atomic E-state index is -3.49. The van der Waals surface area contributed by atoms with E-state index in [-0.39, 0.29) is 13.0 Å². The predicted octanol–water partition coefficient (Wildman–Crippen LogP) is 1.21. The maximum Gasteiger partial charge on any atom is 0.281 e. The van der Waals surface area contributed by atoms with E-state index in [1.807, 2.05) is 36.4 Å². The van der Waals surface area contributed by atoms with E-state index < -0.39 is 10.2 Å². The van der Waals surface area contributed by atoms with Crippen molar-refractivity contribution in [1.82, 2.24) is 8.61 Å². The molecule has 98 valence electrons. The van der Waals surface area contributed by atoms with E-state index in [4.69, 9.17) is 5.26 Å². The topological polar surface area (TPSA) is 64.4 Å². The molecule has 1 aromatic rings. The van der Waals surface area contributed by atoms with Crippen molar-refractivity contribution in [2.24, 2.45) is 0 Å². The molecule has 0 aliphatic heterocycles. The molecule has 0 heterocycles. The highest BCUT2D eigenvalue weighted by molar-refractivity contribution is 7.86. The summed E-state index contributed by atoms with van der Waals surface area (Å²) < 4.78 is 26.6. The van der Waals surface area contributed by atoms with Gasteiger partial charge in [-0.05, 0) is 5.56 Å². The Morgan fingerprint density at radius 3 is 2.33 bits per heavy atom. The molecule has 0 aromatic heterocycles. The lowest BCUT2D eigenvalue weighted by Gasteiger charge is -2.23. The van der Waals surface area contributed by atoms with Crippen molar-refractivity contribution in [3.05, 3.63) is 35.9 Å². The molecule has 0 N–H and O–H groups in total. The fourth-order valence-corrected chi connectivity index (χ4v) is 2.59. The number of hydrogen-bond donors (Lipinski definition) is 0. The highest BCUT2D eigenvalue weighted by Crippen LogP contribution is 2.10. The van der Waals surface area contributed by atoms with E-state index in [1.54, 1.807) is 0 Å². The lowest BCUT2D eigenvalue weighted by molar-refractivity contribution is 0.392. The molecule has 1 rings (SSSR count). The first-order chi connectivity index (χ1) is 8.48. The van der Waals surface area contributed by atoms with Crippen LogP contribution in [0.1, 0.15) is 12.0 Å². The summed E-state index contributed by atoms with van der Waals surface area (Å²) >= 11 is 0. The molecule has 5 nitrogen and oxygen atoms in total. The zero-order valence-corrected chi connectivity index (χ0v) is 11.4. The van der Waals surface area contributed by atoms with Crippen LogP contribution in [0.2, 0.25) is 0 Å². The molecule has 0 amide bonds. The number of rotatable bonds is 6. The zero-order chi connectivity index (χ0) is 13.6. The van der Waals surface area contributed by atoms with Crippen LogP contribution in [-0.2, 0) is 16.8 Å². The van der Waals surface area contributed by atoms with E-state index in [0.29, 0.717) is 6.54 Å². The van der Waals surface area contributed by atoms with Gasteiger partial charge in [-0.3, -0.25) is 0 Å². The van der Waals surface area contributed by atoms with Crippen LogP contribution >= 0.6 is 0 Å². The molecule has 0 aliphatic carbocycles. The number of hydrogen-bond acceptors (Lipinski definition) is 3. The minimum absolute atomic E-state index is 0.189. The van der Waals surface area contributed by atoms with Crippen molar-refractivity contribution >= 4 is 10.2 Å². The SMILES string of the molecule is CN(CCC#N)S(=O)(=O)N(C)Cc1ccccc1. The van der Waals surface area contributed by atoms with Gasteiger partial charge in [0.2, 0.25) is 0 Å². The lowest BCUT2D eigenvalue weighted by Crippen LogP contribution is -2.39. The maximum atomic E-state index is 12.1. The summed E-state index contributed by atoms with van der Waals surface area (Å²) in [5, 5.41) is 8.47. The van der Waals surface area contributed by atoms with Crippen LogP contribution < -0.4 is 0 Å². The first-order valence-electron chi connectivity index (χ1n) is 5.57. The summed E-state index contributed by atoms with van der Waals surface area (Å²) in [5.74, 6) is 0. The van der Waals surface area contributed by atoms with E-state index in [0.717, 1.165) is 5.56 Å². The Hall–Kier alpha value is -1.42. The van der Waals surface area contributed by atoms with Crippen LogP contribution in [-0.4, -0.2) is 37.7 Å². The van der Waals surface area contributed by atoms with E-state index in [9.17, 15) is 8.42 Å². The Morgan fingerprint density at radius 2 is 1.78 bits per heavy atom. The number of nitrogens with zero attached hydrogens (tertiary/aromatic N) is 3. The molecule has 0 atom stereocenters. The standard InChI is InChI=1S/C12H17N3O2S/c1-14(10-6-9-13)18(16,17)15(2)11-12-7-4-3-5-8-12/h3-5,7-8H,6,10-11H2,1-2H3. The molecule has 6 heteroatoms. The van der Waals surface area contributed by atoms with Gasteiger partial charge in [-0.1, -0.05) is 30.3 Å². The molecule has 0 unspecified atom stereocenters. The van der Waals surface area contributed by atoms with Crippen molar-refractivity contribution in [3.63, 3.8) is 0 Å². The number of nitriles is 1. The van der Waals surface area contributed by atoms with Gasteiger partial charge < -0.3 is 0 Å². The first kappa shape index (κ1) is 14.6. The minimum Gasteiger partial charge on any atom is -0.198 e. The van der Waals surface area contributed by atoms with Crippen LogP contribution in [0.5, 0.6) is 0 Å². The van der Waals surface area contributed by atoms with Crippen LogP contribution in [0.4, 0.5) is 0 Å². The molecule has 0 fully saturated rings. The fraction of sp³-hybridized carbons (Fsp3) is 0.417. The molecule has 1 aromatic carbocycles. The average molecular weight is 267 g/mol. The summed E-state index contributed by atoms with van der Waals surface area (Å²) in [7, 11) is -0.481. The Labute approximate surface area is 108 Å². The summed E-state index contributed by atoms with van der Waals surface area (Å²) in [4.78, 5) is 0. The maximum absolute atomic E-state index is 12.1. The van der Waals surface area contributed by atoms with E-state index in [1.165, 1.54) is 22.7 Å². The van der Waals surface area contributed by atoms with Crippen LogP contribution in [0.25, 0.3) is 0 Å². The molecule has 0 bridgehead atoms. The Bertz CT molecular complexity index is 508. The second-order valence-electron chi connectivity index (χ2n) is 3.98. The summed E-state index contributed by atoms with van der Waals surface area (Å²) in [6.07, 6.45) is 0.189. The smallest absolute Gasteiger partial charge is 0.198 e. The molecule has 0 spiro atoms. The molecule has 18 heavy (non-hydrogen) atoms. The second kappa shape index (κ2) is 6.50. The molecule has 0 aliphatic rings. The molecule has 0 radical (unpaired) electrons. The monoisotopic (exact) mass is 267 g/mol. The highest BCUT2D eigenvalue weighted by atomic mass is 32.2. The van der Waals surface area contributed by atoms with Gasteiger partial charge in [0.15, 0.2) is 0 Å². The van der Waals surface area contributed by atoms with Crippen molar-refractivity contribution in [2.45, 2.75) is 13.0 Å². The fourth-order valence-electron chi connectivity index (χ4n) is 1.48. The third kappa shape index (κ3) is 3.81. The van der Waals surface area contributed by atoms with Crippen molar-refractivity contribution in [3.8, 4) is 6.07 Å². The average Bonchev–Trinajstić information content (AvgIpc) is 2.36. The van der Waals surface area contributed by atoms with Gasteiger partial charge in [-0.25, -0.2) is 0 Å². The van der Waals surface area contributed by atoms with Gasteiger partial charge in [0.05, 0.1) is 6.07 Å². The van der Waals surface area contributed by atoms with Gasteiger partial charge in [-0.2, -0.15) is 22.3 Å². The second-order valence-corrected chi connectivity index (χ2v) is 6.12. The van der Waals surface area contributed by atoms with Gasteiger partial charge in [0, 0.05) is 33.6 Å². The van der Waals surface area contributed by atoms with Gasteiger partial charge >= 0.3 is 0 Å². The largest absolute Gasteiger partial charge is 0.281 e. The van der Waals surface area contributed by atoms with Crippen LogP contribution in [0, 0.1) is 11.3 Å². The highest BCUT2D eigenvalue weighted by Gasteiger charge is 2.23. The zero-order valence-electron chi connectivity index (χ0n) is 10.6. The van der Waals surface area contributed by atoms with E-state index in [2.05, 4.69) is 0 Å². The van der Waals surface area contributed by atoms with Crippen molar-refractivity contribution < 1.29 is 8.42 Å². The molecular formula is C12H17N3O2S. The molecule has 0 saturated carbocycles. The molecule has 0 saturated heterocycles. The summed E-state index contributed by atoms with van der Waals surface area (Å²) in [5.41, 5.74) is 0.928. The quantitative estimate of drug-likeness (QED) is 0.778. The van der Waals surface area contributed by atoms with Crippen molar-refractivity contribution in [2.75, 3.05) is 20.6 Å². The van der Waals surface area contributed by atoms with Crippen LogP contribution in [0.3, 0.4) is 0 Å². The normalized spacial score (nSPS) is 11.7. The van der Waals surface area contributed by atoms with Gasteiger partial charge in [0.1, 0.15) is 0 Å². The number of benzene rings is 1. The summed E-state index contributed by atoms with van der Waals surface area (Å²) in [6, 6.07) is 11.3. The Morgan fingerprint density at radius 1 is 1.17 bits per heavy atom. The summed E-state index contributed by atoms with van der Waals surface area (Å²) in [6.45, 7) is 0.526. The molecular weight excluding hydrogens is 250 g/mol. The lowest BCUT2D eigenvalue weighted by atomic mass is 10.2. The van der Waals surface area contributed by atoms with E-state index >= 15 is 0 Å². The van der Waals surface area contributed by atoms with Crippen LogP contribution in [0.15, 0.2) is 30.3 Å². The van der Waals surface area contributed by atoms with Gasteiger partial charge in [-0.15, -0.1) is 0 Å². The first-order valence-corrected chi connectivity index (χ1v) is 6.96. The predicted molar refractivity (Wildman–Crippen MR) is 69.7 cm³/mol. The third-order valence-corrected chi connectivity index (χ3v) is 4.46. The third-order valence-electron chi connectivity index (χ3n) is 2.57. The van der Waals surface area contributed by atoms with Crippen molar-refractivity contribution in [1.29, 1.82) is 5.26 Å². The Kier molecular flexibility index (Phi) is 5.28.